The highest BCUT2D eigenvalue weighted by Crippen LogP contribution is 2.27. The van der Waals surface area contributed by atoms with Crippen LogP contribution in [0.4, 0.5) is 0 Å². The second kappa shape index (κ2) is 6.73. The molecule has 1 rings (SSSR count). The van der Waals surface area contributed by atoms with Gasteiger partial charge in [-0.15, -0.1) is 0 Å². The van der Waals surface area contributed by atoms with Crippen LogP contribution in [0.3, 0.4) is 0 Å². The van der Waals surface area contributed by atoms with E-state index < -0.39 is 12.2 Å². The molecule has 0 aliphatic rings. The van der Waals surface area contributed by atoms with Crippen LogP contribution < -0.4 is 0 Å². The minimum absolute atomic E-state index is 0.0482. The minimum Gasteiger partial charge on any atom is -0.508 e. The smallest absolute Gasteiger partial charge is 0.121 e. The van der Waals surface area contributed by atoms with Gasteiger partial charge in [0.15, 0.2) is 0 Å². The van der Waals surface area contributed by atoms with E-state index in [1.165, 1.54) is 0 Å². The molecule has 0 amide bonds. The number of aliphatic hydroxyl groups is 3. The highest BCUT2D eigenvalue weighted by atomic mass is 16.3. The Bertz CT molecular complexity index is 378. The normalized spacial score (nSPS) is 16.3. The zero-order chi connectivity index (χ0) is 13.7. The molecule has 3 unspecified atom stereocenters. The molecule has 4 heteroatoms. The molecule has 102 valence electrons. The van der Waals surface area contributed by atoms with Crippen molar-refractivity contribution in [2.45, 2.75) is 51.4 Å². The molecule has 0 heterocycles. The number of hydrogen-bond acceptors (Lipinski definition) is 4. The van der Waals surface area contributed by atoms with Crippen molar-refractivity contribution >= 4 is 0 Å². The van der Waals surface area contributed by atoms with Crippen LogP contribution in [0.1, 0.15) is 43.7 Å². The molecule has 0 spiro atoms. The first kappa shape index (κ1) is 15.0. The van der Waals surface area contributed by atoms with Crippen molar-refractivity contribution in [2.24, 2.45) is 0 Å². The SMILES string of the molecule is CCC(O)C(O)CC(C)c1ccc(O)c(CO)c1. The number of hydrogen-bond donors (Lipinski definition) is 4. The van der Waals surface area contributed by atoms with Gasteiger partial charge >= 0.3 is 0 Å². The summed E-state index contributed by atoms with van der Waals surface area (Å²) in [5.41, 5.74) is 1.41. The Hall–Kier alpha value is -1.10. The molecule has 3 atom stereocenters. The van der Waals surface area contributed by atoms with Crippen molar-refractivity contribution in [3.05, 3.63) is 29.3 Å². The molecule has 0 aliphatic heterocycles. The van der Waals surface area contributed by atoms with Gasteiger partial charge in [0, 0.05) is 5.56 Å². The highest BCUT2D eigenvalue weighted by molar-refractivity contribution is 5.37. The molecular weight excluding hydrogens is 232 g/mol. The Morgan fingerprint density at radius 2 is 1.83 bits per heavy atom. The highest BCUT2D eigenvalue weighted by Gasteiger charge is 2.19. The first-order chi connectivity index (χ1) is 8.49. The average molecular weight is 254 g/mol. The summed E-state index contributed by atoms with van der Waals surface area (Å²) in [6.45, 7) is 3.55. The number of aliphatic hydroxyl groups excluding tert-OH is 3. The molecule has 0 saturated carbocycles. The van der Waals surface area contributed by atoms with E-state index in [4.69, 9.17) is 5.11 Å². The molecule has 0 saturated heterocycles. The van der Waals surface area contributed by atoms with Crippen LogP contribution in [-0.2, 0) is 6.61 Å². The third-order valence-corrected chi connectivity index (χ3v) is 3.30. The fourth-order valence-corrected chi connectivity index (χ4v) is 1.97. The summed E-state index contributed by atoms with van der Waals surface area (Å²) >= 11 is 0. The molecular formula is C14H22O4. The van der Waals surface area contributed by atoms with E-state index >= 15 is 0 Å². The maximum absolute atomic E-state index is 9.78. The number of rotatable bonds is 6. The van der Waals surface area contributed by atoms with Crippen LogP contribution in [0.15, 0.2) is 18.2 Å². The van der Waals surface area contributed by atoms with Crippen molar-refractivity contribution in [1.82, 2.24) is 0 Å². The second-order valence-electron chi connectivity index (χ2n) is 4.73. The Labute approximate surface area is 108 Å². The van der Waals surface area contributed by atoms with Gasteiger partial charge in [-0.25, -0.2) is 0 Å². The van der Waals surface area contributed by atoms with E-state index in [2.05, 4.69) is 0 Å². The summed E-state index contributed by atoms with van der Waals surface area (Å²) in [5.74, 6) is 0.120. The first-order valence-corrected chi connectivity index (χ1v) is 6.28. The fraction of sp³-hybridized carbons (Fsp3) is 0.571. The number of benzene rings is 1. The minimum atomic E-state index is -0.753. The van der Waals surface area contributed by atoms with Crippen LogP contribution in [0.5, 0.6) is 5.75 Å². The maximum atomic E-state index is 9.78. The molecule has 0 bridgehead atoms. The summed E-state index contributed by atoms with van der Waals surface area (Å²) in [6, 6.07) is 5.04. The molecule has 0 aromatic heterocycles. The first-order valence-electron chi connectivity index (χ1n) is 6.28. The van der Waals surface area contributed by atoms with E-state index in [0.717, 1.165) is 5.56 Å². The summed E-state index contributed by atoms with van der Waals surface area (Å²) < 4.78 is 0. The van der Waals surface area contributed by atoms with Crippen LogP contribution in [-0.4, -0.2) is 32.6 Å². The van der Waals surface area contributed by atoms with Gasteiger partial charge in [-0.2, -0.15) is 0 Å². The van der Waals surface area contributed by atoms with E-state index in [1.54, 1.807) is 18.2 Å². The third-order valence-electron chi connectivity index (χ3n) is 3.30. The van der Waals surface area contributed by atoms with E-state index in [-0.39, 0.29) is 18.3 Å². The van der Waals surface area contributed by atoms with E-state index in [9.17, 15) is 15.3 Å². The Morgan fingerprint density at radius 1 is 1.17 bits per heavy atom. The van der Waals surface area contributed by atoms with Crippen molar-refractivity contribution in [2.75, 3.05) is 0 Å². The number of phenols is 1. The Morgan fingerprint density at radius 3 is 2.39 bits per heavy atom. The predicted octanol–water partition coefficient (Wildman–Crippen LogP) is 1.51. The van der Waals surface area contributed by atoms with Crippen molar-refractivity contribution in [3.63, 3.8) is 0 Å². The van der Waals surface area contributed by atoms with Gasteiger partial charge in [-0.05, 0) is 36.5 Å². The van der Waals surface area contributed by atoms with Crippen LogP contribution in [0.25, 0.3) is 0 Å². The molecule has 18 heavy (non-hydrogen) atoms. The largest absolute Gasteiger partial charge is 0.508 e. The lowest BCUT2D eigenvalue weighted by Crippen LogP contribution is -2.26. The van der Waals surface area contributed by atoms with Gasteiger partial charge in [0.1, 0.15) is 5.75 Å². The molecule has 0 fully saturated rings. The van der Waals surface area contributed by atoms with Gasteiger partial charge in [0.05, 0.1) is 18.8 Å². The van der Waals surface area contributed by atoms with Gasteiger partial charge < -0.3 is 20.4 Å². The summed E-state index contributed by atoms with van der Waals surface area (Å²) in [7, 11) is 0. The maximum Gasteiger partial charge on any atom is 0.121 e. The van der Waals surface area contributed by atoms with Crippen LogP contribution in [0, 0.1) is 0 Å². The van der Waals surface area contributed by atoms with E-state index in [0.29, 0.717) is 18.4 Å². The Kier molecular flexibility index (Phi) is 5.59. The summed E-state index contributed by atoms with van der Waals surface area (Å²) in [5, 5.41) is 37.9. The quantitative estimate of drug-likeness (QED) is 0.620. The molecule has 1 aromatic rings. The van der Waals surface area contributed by atoms with Crippen molar-refractivity contribution < 1.29 is 20.4 Å². The van der Waals surface area contributed by atoms with E-state index in [1.807, 2.05) is 13.8 Å². The van der Waals surface area contributed by atoms with Gasteiger partial charge in [-0.3, -0.25) is 0 Å². The lowest BCUT2D eigenvalue weighted by molar-refractivity contribution is 0.00953. The summed E-state index contributed by atoms with van der Waals surface area (Å²) in [4.78, 5) is 0. The predicted molar refractivity (Wildman–Crippen MR) is 69.4 cm³/mol. The summed E-state index contributed by atoms with van der Waals surface area (Å²) in [6.07, 6.45) is -0.492. The molecule has 1 aromatic carbocycles. The number of aromatic hydroxyl groups is 1. The van der Waals surface area contributed by atoms with Crippen molar-refractivity contribution in [1.29, 1.82) is 0 Å². The lowest BCUT2D eigenvalue weighted by atomic mass is 9.91. The zero-order valence-corrected chi connectivity index (χ0v) is 10.9. The standard InChI is InChI=1S/C14H22O4/c1-3-12(16)14(18)6-9(2)10-4-5-13(17)11(7-10)8-15/h4-5,7,9,12,14-18H,3,6,8H2,1-2H3. The van der Waals surface area contributed by atoms with Crippen LogP contribution in [0.2, 0.25) is 0 Å². The molecule has 4 N–H and O–H groups in total. The van der Waals surface area contributed by atoms with Crippen molar-refractivity contribution in [3.8, 4) is 5.75 Å². The second-order valence-corrected chi connectivity index (χ2v) is 4.73. The zero-order valence-electron chi connectivity index (χ0n) is 10.9. The third kappa shape index (κ3) is 3.70. The monoisotopic (exact) mass is 254 g/mol. The van der Waals surface area contributed by atoms with Gasteiger partial charge in [-0.1, -0.05) is 19.9 Å². The topological polar surface area (TPSA) is 80.9 Å². The fourth-order valence-electron chi connectivity index (χ4n) is 1.97. The lowest BCUT2D eigenvalue weighted by Gasteiger charge is -2.21. The molecule has 0 radical (unpaired) electrons. The van der Waals surface area contributed by atoms with Gasteiger partial charge in [0.25, 0.3) is 0 Å². The Balaban J connectivity index is 2.75. The molecule has 4 nitrogen and oxygen atoms in total. The van der Waals surface area contributed by atoms with Gasteiger partial charge in [0.2, 0.25) is 0 Å². The van der Waals surface area contributed by atoms with Crippen LogP contribution >= 0.6 is 0 Å². The molecule has 0 aliphatic carbocycles. The average Bonchev–Trinajstić information content (AvgIpc) is 2.37.